The first-order valence-corrected chi connectivity index (χ1v) is 8.79. The van der Waals surface area contributed by atoms with E-state index in [1.165, 1.54) is 24.3 Å². The van der Waals surface area contributed by atoms with Crippen molar-refractivity contribution in [2.24, 2.45) is 0 Å². The topological polar surface area (TPSA) is 103 Å². The molecule has 0 radical (unpaired) electrons. The van der Waals surface area contributed by atoms with Gasteiger partial charge in [-0.3, -0.25) is 19.6 Å². The predicted octanol–water partition coefficient (Wildman–Crippen LogP) is 4.70. The van der Waals surface area contributed by atoms with E-state index in [2.05, 4.69) is 10.4 Å². The Morgan fingerprint density at radius 3 is 2.79 bits per heavy atom. The molecule has 3 aromatic rings. The molecule has 8 nitrogen and oxygen atoms in total. The Morgan fingerprint density at radius 1 is 1.32 bits per heavy atom. The fourth-order valence-corrected chi connectivity index (χ4v) is 2.87. The monoisotopic (exact) mass is 420 g/mol. The molecule has 0 fully saturated rings. The molecule has 2 aromatic heterocycles. The number of hydrogen-bond acceptors (Lipinski definition) is 5. The summed E-state index contributed by atoms with van der Waals surface area (Å²) in [6.45, 7) is 2.27. The maximum atomic E-state index is 12.0. The lowest BCUT2D eigenvalue weighted by atomic mass is 10.2. The highest BCUT2D eigenvalue weighted by atomic mass is 35.5. The quantitative estimate of drug-likeness (QED) is 0.353. The van der Waals surface area contributed by atoms with Gasteiger partial charge in [0.1, 0.15) is 10.7 Å². The summed E-state index contributed by atoms with van der Waals surface area (Å²) in [5, 5.41) is 18.6. The van der Waals surface area contributed by atoms with Crippen LogP contribution in [0.2, 0.25) is 10.0 Å². The normalized spacial score (nSPS) is 11.1. The van der Waals surface area contributed by atoms with Crippen molar-refractivity contribution in [1.82, 2.24) is 9.78 Å². The molecule has 2 heterocycles. The fourth-order valence-electron chi connectivity index (χ4n) is 2.40. The molecule has 0 spiro atoms. The maximum Gasteiger partial charge on any atom is 0.433 e. The number of nitro groups is 1. The molecule has 0 bridgehead atoms. The van der Waals surface area contributed by atoms with Crippen LogP contribution in [0.1, 0.15) is 17.0 Å². The second kappa shape index (κ2) is 8.28. The third kappa shape index (κ3) is 4.79. The number of nitrogens with one attached hydrogen (secondary N) is 1. The number of hydrogen-bond donors (Lipinski definition) is 1. The Labute approximate surface area is 169 Å². The van der Waals surface area contributed by atoms with Crippen molar-refractivity contribution in [3.05, 3.63) is 79.7 Å². The van der Waals surface area contributed by atoms with Crippen LogP contribution in [0, 0.1) is 17.0 Å². The number of aryl methyl sites for hydroxylation is 1. The molecule has 0 aliphatic carbocycles. The average Bonchev–Trinajstić information content (AvgIpc) is 3.23. The van der Waals surface area contributed by atoms with E-state index in [0.29, 0.717) is 22.4 Å². The molecule has 0 saturated carbocycles. The molecule has 1 N–H and O–H groups in total. The Morgan fingerprint density at radius 2 is 2.11 bits per heavy atom. The van der Waals surface area contributed by atoms with Gasteiger partial charge in [-0.15, -0.1) is 0 Å². The van der Waals surface area contributed by atoms with E-state index in [9.17, 15) is 14.9 Å². The molecular formula is C18H14Cl2N4O4. The fraction of sp³-hybridized carbons (Fsp3) is 0.111. The molecule has 1 aromatic carbocycles. The molecule has 0 atom stereocenters. The molecule has 0 unspecified atom stereocenters. The van der Waals surface area contributed by atoms with Crippen LogP contribution >= 0.6 is 23.2 Å². The van der Waals surface area contributed by atoms with Crippen LogP contribution in [0.25, 0.3) is 6.08 Å². The molecule has 0 aliphatic rings. The minimum atomic E-state index is -0.653. The molecular weight excluding hydrogens is 407 g/mol. The van der Waals surface area contributed by atoms with Crippen molar-refractivity contribution >= 4 is 46.9 Å². The summed E-state index contributed by atoms with van der Waals surface area (Å²) in [5.74, 6) is -0.285. The number of carbonyl (C=O) groups excluding carboxylic acids is 1. The van der Waals surface area contributed by atoms with Crippen molar-refractivity contribution in [2.75, 3.05) is 5.32 Å². The number of halogens is 2. The maximum absolute atomic E-state index is 12.0. The third-order valence-electron chi connectivity index (χ3n) is 3.76. The van der Waals surface area contributed by atoms with Gasteiger partial charge in [0.05, 0.1) is 12.6 Å². The summed E-state index contributed by atoms with van der Waals surface area (Å²) in [7, 11) is 0. The van der Waals surface area contributed by atoms with E-state index in [0.717, 1.165) is 11.3 Å². The number of nitrogens with zero attached hydrogens (tertiary/aromatic N) is 3. The zero-order chi connectivity index (χ0) is 20.3. The Balaban J connectivity index is 1.66. The lowest BCUT2D eigenvalue weighted by molar-refractivity contribution is -0.402. The number of carbonyl (C=O) groups is 1. The first-order chi connectivity index (χ1) is 13.3. The Kier molecular flexibility index (Phi) is 5.81. The Bertz CT molecular complexity index is 1070. The van der Waals surface area contributed by atoms with Crippen molar-refractivity contribution in [2.45, 2.75) is 13.5 Å². The van der Waals surface area contributed by atoms with Gasteiger partial charge in [-0.1, -0.05) is 29.3 Å². The van der Waals surface area contributed by atoms with Gasteiger partial charge in [0, 0.05) is 27.9 Å². The van der Waals surface area contributed by atoms with Crippen LogP contribution in [-0.4, -0.2) is 20.6 Å². The Hall–Kier alpha value is -3.10. The lowest BCUT2D eigenvalue weighted by Gasteiger charge is -2.07. The number of amides is 1. The van der Waals surface area contributed by atoms with Crippen molar-refractivity contribution < 1.29 is 14.1 Å². The van der Waals surface area contributed by atoms with Gasteiger partial charge in [0.25, 0.3) is 0 Å². The summed E-state index contributed by atoms with van der Waals surface area (Å²) in [6.07, 6.45) is 2.53. The summed E-state index contributed by atoms with van der Waals surface area (Å²) < 4.78 is 6.65. The van der Waals surface area contributed by atoms with Gasteiger partial charge < -0.3 is 9.73 Å². The SMILES string of the molecule is Cc1cc(NC(=O)/C=C/c2ccc([N+](=O)[O-])o2)nn1Cc1ccc(Cl)cc1Cl. The van der Waals surface area contributed by atoms with Crippen LogP contribution < -0.4 is 5.32 Å². The number of benzene rings is 1. The molecule has 10 heteroatoms. The number of furan rings is 1. The van der Waals surface area contributed by atoms with Crippen LogP contribution in [0.3, 0.4) is 0 Å². The predicted molar refractivity (Wildman–Crippen MR) is 106 cm³/mol. The van der Waals surface area contributed by atoms with Gasteiger partial charge in [-0.2, -0.15) is 5.10 Å². The molecule has 3 rings (SSSR count). The molecule has 0 saturated heterocycles. The smallest absolute Gasteiger partial charge is 0.401 e. The van der Waals surface area contributed by atoms with Gasteiger partial charge in [0.2, 0.25) is 5.91 Å². The van der Waals surface area contributed by atoms with E-state index in [-0.39, 0.29) is 5.76 Å². The van der Waals surface area contributed by atoms with Crippen LogP contribution in [-0.2, 0) is 11.3 Å². The highest BCUT2D eigenvalue weighted by molar-refractivity contribution is 6.35. The van der Waals surface area contributed by atoms with Crippen molar-refractivity contribution in [3.8, 4) is 0 Å². The largest absolute Gasteiger partial charge is 0.433 e. The minimum absolute atomic E-state index is 0.195. The highest BCUT2D eigenvalue weighted by Crippen LogP contribution is 2.22. The summed E-state index contributed by atoms with van der Waals surface area (Å²) in [4.78, 5) is 22.0. The first kappa shape index (κ1) is 19.7. The number of anilines is 1. The van der Waals surface area contributed by atoms with Gasteiger partial charge in [0.15, 0.2) is 5.82 Å². The van der Waals surface area contributed by atoms with Gasteiger partial charge in [-0.05, 0) is 36.8 Å². The molecule has 144 valence electrons. The van der Waals surface area contributed by atoms with Gasteiger partial charge >= 0.3 is 5.88 Å². The van der Waals surface area contributed by atoms with Crippen LogP contribution in [0.5, 0.6) is 0 Å². The second-order valence-electron chi connectivity index (χ2n) is 5.82. The summed E-state index contributed by atoms with van der Waals surface area (Å²) in [6, 6.07) is 9.54. The molecule has 28 heavy (non-hydrogen) atoms. The average molecular weight is 421 g/mol. The van der Waals surface area contributed by atoms with Crippen LogP contribution in [0.15, 0.2) is 46.9 Å². The van der Waals surface area contributed by atoms with Crippen LogP contribution in [0.4, 0.5) is 11.7 Å². The zero-order valence-electron chi connectivity index (χ0n) is 14.6. The van der Waals surface area contributed by atoms with E-state index >= 15 is 0 Å². The van der Waals surface area contributed by atoms with Gasteiger partial charge in [-0.25, -0.2) is 0 Å². The standard InChI is InChI=1S/C18H14Cl2N4O4/c1-11-8-16(22-23(11)10-12-2-3-13(19)9-15(12)20)21-17(25)6-4-14-5-7-18(28-14)24(26)27/h2-9H,10H2,1H3,(H,21,22,25)/b6-4+. The minimum Gasteiger partial charge on any atom is -0.401 e. The van der Waals surface area contributed by atoms with E-state index < -0.39 is 16.7 Å². The first-order valence-electron chi connectivity index (χ1n) is 8.03. The highest BCUT2D eigenvalue weighted by Gasteiger charge is 2.11. The van der Waals surface area contributed by atoms with Crippen molar-refractivity contribution in [3.63, 3.8) is 0 Å². The molecule has 0 aliphatic heterocycles. The van der Waals surface area contributed by atoms with Crippen molar-refractivity contribution in [1.29, 1.82) is 0 Å². The number of aromatic nitrogens is 2. The second-order valence-corrected chi connectivity index (χ2v) is 6.66. The van der Waals surface area contributed by atoms with E-state index in [1.807, 2.05) is 13.0 Å². The summed E-state index contributed by atoms with van der Waals surface area (Å²) in [5.41, 5.74) is 1.67. The lowest BCUT2D eigenvalue weighted by Crippen LogP contribution is -2.09. The van der Waals surface area contributed by atoms with E-state index in [1.54, 1.807) is 22.9 Å². The summed E-state index contributed by atoms with van der Waals surface area (Å²) >= 11 is 12.1. The zero-order valence-corrected chi connectivity index (χ0v) is 16.1. The number of rotatable bonds is 6. The third-order valence-corrected chi connectivity index (χ3v) is 4.35. The molecule has 1 amide bonds. The van der Waals surface area contributed by atoms with E-state index in [4.69, 9.17) is 27.6 Å².